The molecule has 1 atom stereocenters. The highest BCUT2D eigenvalue weighted by molar-refractivity contribution is 6.13. The number of nitrogens with zero attached hydrogens (tertiary/aromatic N) is 7. The molecule has 3 aromatic rings. The molecule has 178 valence electrons. The first-order chi connectivity index (χ1) is 16.5. The number of hydrogen-bond acceptors (Lipinski definition) is 8. The smallest absolute Gasteiger partial charge is 0.263 e. The Kier molecular flexibility index (Phi) is 5.91. The molecule has 0 bridgehead atoms. The molecule has 34 heavy (non-hydrogen) atoms. The monoisotopic (exact) mass is 462 g/mol. The van der Waals surface area contributed by atoms with E-state index in [0.29, 0.717) is 53.6 Å². The summed E-state index contributed by atoms with van der Waals surface area (Å²) in [5.74, 6) is 1.04. The van der Waals surface area contributed by atoms with Gasteiger partial charge in [-0.2, -0.15) is 4.98 Å². The minimum absolute atomic E-state index is 0.0996. The molecular weight excluding hydrogens is 432 g/mol. The van der Waals surface area contributed by atoms with Crippen LogP contribution in [0.4, 0.5) is 17.5 Å². The van der Waals surface area contributed by atoms with Gasteiger partial charge in [0.2, 0.25) is 5.95 Å². The van der Waals surface area contributed by atoms with Crippen LogP contribution in [-0.4, -0.2) is 76.6 Å². The van der Waals surface area contributed by atoms with E-state index in [-0.39, 0.29) is 17.5 Å². The van der Waals surface area contributed by atoms with Gasteiger partial charge in [0.05, 0.1) is 17.4 Å². The predicted molar refractivity (Wildman–Crippen MR) is 133 cm³/mol. The number of para-hydroxylation sites is 1. The maximum atomic E-state index is 13.8. The molecule has 2 aliphatic heterocycles. The van der Waals surface area contributed by atoms with Gasteiger partial charge in [0.15, 0.2) is 0 Å². The summed E-state index contributed by atoms with van der Waals surface area (Å²) >= 11 is 0. The van der Waals surface area contributed by atoms with Gasteiger partial charge in [0.1, 0.15) is 16.9 Å². The Morgan fingerprint density at radius 3 is 2.85 bits per heavy atom. The molecule has 10 nitrogen and oxygen atoms in total. The molecule has 1 saturated heterocycles. The van der Waals surface area contributed by atoms with Crippen LogP contribution in [0.3, 0.4) is 0 Å². The molecule has 0 saturated carbocycles. The lowest BCUT2D eigenvalue weighted by Crippen LogP contribution is -2.40. The molecule has 0 unspecified atom stereocenters. The summed E-state index contributed by atoms with van der Waals surface area (Å²) in [7, 11) is 3.94. The summed E-state index contributed by atoms with van der Waals surface area (Å²) in [5.41, 5.74) is 1.56. The Labute approximate surface area is 198 Å². The first kappa shape index (κ1) is 22.3. The molecule has 4 heterocycles. The fourth-order valence-corrected chi connectivity index (χ4v) is 4.80. The minimum Gasteiger partial charge on any atom is -0.354 e. The number of benzene rings is 1. The van der Waals surface area contributed by atoms with Gasteiger partial charge in [0, 0.05) is 45.0 Å². The molecular formula is C24H30N8O2. The van der Waals surface area contributed by atoms with Crippen LogP contribution in [0.2, 0.25) is 0 Å². The van der Waals surface area contributed by atoms with E-state index in [2.05, 4.69) is 20.2 Å². The van der Waals surface area contributed by atoms with Crippen LogP contribution in [0, 0.1) is 0 Å². The second-order valence-electron chi connectivity index (χ2n) is 9.09. The van der Waals surface area contributed by atoms with E-state index in [1.165, 1.54) is 0 Å². The third-order valence-electron chi connectivity index (χ3n) is 6.53. The normalized spacial score (nSPS) is 17.8. The van der Waals surface area contributed by atoms with E-state index in [1.807, 2.05) is 38.1 Å². The average molecular weight is 463 g/mol. The lowest BCUT2D eigenvalue weighted by molar-refractivity contribution is 0.0988. The molecule has 0 spiro atoms. The number of anilines is 3. The molecule has 1 aromatic carbocycles. The molecule has 10 heteroatoms. The standard InChI is InChI=1S/C24H30N8O2/c1-4-25-24-26-13-18-21(28-24)31-10-6-7-16(31)14-32(23(18)34)19-9-5-8-17-20(19)27-15-30(22(17)33)12-11-29(2)3/h5,8-9,13,15-16H,4,6-7,10-12,14H2,1-3H3,(H,25,26,28)/t16-/m0/s1. The first-order valence-electron chi connectivity index (χ1n) is 11.8. The summed E-state index contributed by atoms with van der Waals surface area (Å²) in [6.45, 7) is 5.35. The zero-order chi connectivity index (χ0) is 23.8. The Morgan fingerprint density at radius 2 is 2.06 bits per heavy atom. The maximum Gasteiger partial charge on any atom is 0.263 e. The fraction of sp³-hybridized carbons (Fsp3) is 0.458. The molecule has 1 N–H and O–H groups in total. The minimum atomic E-state index is -0.168. The lowest BCUT2D eigenvalue weighted by atomic mass is 10.1. The van der Waals surface area contributed by atoms with Crippen molar-refractivity contribution in [1.82, 2.24) is 24.4 Å². The number of nitrogens with one attached hydrogen (secondary N) is 1. The Bertz CT molecular complexity index is 1290. The van der Waals surface area contributed by atoms with Gasteiger partial charge in [-0.05, 0) is 46.0 Å². The van der Waals surface area contributed by atoms with Crippen LogP contribution in [0.1, 0.15) is 30.1 Å². The van der Waals surface area contributed by atoms with Gasteiger partial charge in [0.25, 0.3) is 11.5 Å². The van der Waals surface area contributed by atoms with Crippen molar-refractivity contribution in [2.24, 2.45) is 0 Å². The topological polar surface area (TPSA) is 99.5 Å². The quantitative estimate of drug-likeness (QED) is 0.592. The summed E-state index contributed by atoms with van der Waals surface area (Å²) in [6.07, 6.45) is 5.21. The van der Waals surface area contributed by atoms with Crippen molar-refractivity contribution in [3.05, 3.63) is 46.6 Å². The molecule has 0 aliphatic carbocycles. The van der Waals surface area contributed by atoms with Gasteiger partial charge in [-0.3, -0.25) is 14.2 Å². The molecule has 2 aliphatic rings. The summed E-state index contributed by atoms with van der Waals surface area (Å²) in [4.78, 5) is 46.7. The van der Waals surface area contributed by atoms with Crippen molar-refractivity contribution in [2.75, 3.05) is 55.4 Å². The number of fused-ring (bicyclic) bond motifs is 4. The number of carbonyl (C=O) groups excluding carboxylic acids is 1. The van der Waals surface area contributed by atoms with E-state index in [0.717, 1.165) is 25.9 Å². The highest BCUT2D eigenvalue weighted by Gasteiger charge is 2.38. The highest BCUT2D eigenvalue weighted by Crippen LogP contribution is 2.35. The number of amides is 1. The van der Waals surface area contributed by atoms with Gasteiger partial charge >= 0.3 is 0 Å². The maximum absolute atomic E-state index is 13.8. The van der Waals surface area contributed by atoms with E-state index < -0.39 is 0 Å². The Balaban J connectivity index is 1.59. The van der Waals surface area contributed by atoms with E-state index in [9.17, 15) is 9.59 Å². The van der Waals surface area contributed by atoms with Gasteiger partial charge in [-0.25, -0.2) is 9.97 Å². The van der Waals surface area contributed by atoms with Crippen molar-refractivity contribution < 1.29 is 4.79 Å². The van der Waals surface area contributed by atoms with Crippen molar-refractivity contribution >= 4 is 34.3 Å². The van der Waals surface area contributed by atoms with Crippen molar-refractivity contribution in [1.29, 1.82) is 0 Å². The number of aromatic nitrogens is 4. The first-order valence-corrected chi connectivity index (χ1v) is 11.8. The van der Waals surface area contributed by atoms with Crippen LogP contribution in [0.15, 0.2) is 35.5 Å². The van der Waals surface area contributed by atoms with E-state index >= 15 is 0 Å². The third kappa shape index (κ3) is 3.87. The molecule has 5 rings (SSSR count). The SMILES string of the molecule is CCNc1ncc2c(n1)N1CCC[C@H]1CN(c1cccc3c(=O)n(CCN(C)C)cnc13)C2=O. The Hall–Kier alpha value is -3.53. The van der Waals surface area contributed by atoms with Crippen molar-refractivity contribution in [3.63, 3.8) is 0 Å². The van der Waals surface area contributed by atoms with Crippen LogP contribution in [-0.2, 0) is 6.54 Å². The van der Waals surface area contributed by atoms with Crippen LogP contribution >= 0.6 is 0 Å². The molecule has 1 fully saturated rings. The average Bonchev–Trinajstić information content (AvgIpc) is 3.26. The summed E-state index contributed by atoms with van der Waals surface area (Å²) < 4.78 is 1.63. The second kappa shape index (κ2) is 9.02. The fourth-order valence-electron chi connectivity index (χ4n) is 4.80. The van der Waals surface area contributed by atoms with Gasteiger partial charge in [-0.1, -0.05) is 6.07 Å². The van der Waals surface area contributed by atoms with Crippen molar-refractivity contribution in [2.45, 2.75) is 32.4 Å². The zero-order valence-electron chi connectivity index (χ0n) is 19.9. The molecule has 2 aromatic heterocycles. The summed E-state index contributed by atoms with van der Waals surface area (Å²) in [6, 6.07) is 5.62. The highest BCUT2D eigenvalue weighted by atomic mass is 16.2. The van der Waals surface area contributed by atoms with Gasteiger partial charge in [-0.15, -0.1) is 0 Å². The molecule has 0 radical (unpaired) electrons. The number of rotatable bonds is 6. The summed E-state index contributed by atoms with van der Waals surface area (Å²) in [5, 5.41) is 3.66. The largest absolute Gasteiger partial charge is 0.354 e. The van der Waals surface area contributed by atoms with Crippen LogP contribution < -0.4 is 20.7 Å². The predicted octanol–water partition coefficient (Wildman–Crippen LogP) is 1.81. The number of likely N-dealkylation sites (N-methyl/N-ethyl adjacent to an activating group) is 1. The van der Waals surface area contributed by atoms with E-state index in [1.54, 1.807) is 28.1 Å². The van der Waals surface area contributed by atoms with Crippen molar-refractivity contribution in [3.8, 4) is 0 Å². The van der Waals surface area contributed by atoms with Gasteiger partial charge < -0.3 is 20.0 Å². The third-order valence-corrected chi connectivity index (χ3v) is 6.53. The second-order valence-corrected chi connectivity index (χ2v) is 9.09. The number of hydrogen-bond donors (Lipinski definition) is 1. The lowest BCUT2D eigenvalue weighted by Gasteiger charge is -2.27. The molecule has 1 amide bonds. The Morgan fingerprint density at radius 1 is 1.21 bits per heavy atom. The van der Waals surface area contributed by atoms with Crippen LogP contribution in [0.5, 0.6) is 0 Å². The number of carbonyl (C=O) groups is 1. The van der Waals surface area contributed by atoms with Crippen LogP contribution in [0.25, 0.3) is 10.9 Å². The van der Waals surface area contributed by atoms with E-state index in [4.69, 9.17) is 4.98 Å². The zero-order valence-corrected chi connectivity index (χ0v) is 19.9.